The van der Waals surface area contributed by atoms with Crippen LogP contribution in [-0.2, 0) is 10.0 Å². The van der Waals surface area contributed by atoms with Crippen LogP contribution in [0.25, 0.3) is 0 Å². The molecule has 1 aromatic heterocycles. The van der Waals surface area contributed by atoms with Crippen LogP contribution in [-0.4, -0.2) is 30.5 Å². The molecule has 0 spiro atoms. The van der Waals surface area contributed by atoms with Crippen molar-refractivity contribution in [3.8, 4) is 0 Å². The predicted molar refractivity (Wildman–Crippen MR) is 49.9 cm³/mol. The van der Waals surface area contributed by atoms with Crippen molar-refractivity contribution >= 4 is 10.0 Å². The van der Waals surface area contributed by atoms with Crippen molar-refractivity contribution in [3.63, 3.8) is 0 Å². The first kappa shape index (κ1) is 9.63. The van der Waals surface area contributed by atoms with Gasteiger partial charge in [-0.05, 0) is 12.8 Å². The van der Waals surface area contributed by atoms with Gasteiger partial charge < -0.3 is 10.7 Å². The van der Waals surface area contributed by atoms with Gasteiger partial charge in [-0.3, -0.25) is 0 Å². The van der Waals surface area contributed by atoms with Gasteiger partial charge in [-0.25, -0.2) is 18.1 Å². The van der Waals surface area contributed by atoms with Crippen molar-refractivity contribution in [3.05, 3.63) is 12.5 Å². The molecule has 0 aromatic carbocycles. The molecule has 1 aromatic rings. The highest BCUT2D eigenvalue weighted by Gasteiger charge is 2.45. The summed E-state index contributed by atoms with van der Waals surface area (Å²) in [6, 6.07) is 0. The molecule has 0 bridgehead atoms. The van der Waals surface area contributed by atoms with Crippen LogP contribution < -0.4 is 10.5 Å². The lowest BCUT2D eigenvalue weighted by atomic mass is 10.3. The molecular formula is C7H12N4O2S. The third kappa shape index (κ3) is 1.66. The summed E-state index contributed by atoms with van der Waals surface area (Å²) in [5, 5.41) is 0.0808. The van der Waals surface area contributed by atoms with Crippen LogP contribution in [0.15, 0.2) is 17.6 Å². The molecule has 4 N–H and O–H groups in total. The Morgan fingerprint density at radius 1 is 1.64 bits per heavy atom. The molecule has 0 aliphatic heterocycles. The lowest BCUT2D eigenvalue weighted by molar-refractivity contribution is 0.542. The van der Waals surface area contributed by atoms with E-state index in [1.807, 2.05) is 0 Å². The zero-order chi connectivity index (χ0) is 10.2. The van der Waals surface area contributed by atoms with E-state index in [9.17, 15) is 8.42 Å². The van der Waals surface area contributed by atoms with Crippen LogP contribution in [0.5, 0.6) is 0 Å². The number of nitrogens with two attached hydrogens (primary N) is 1. The summed E-state index contributed by atoms with van der Waals surface area (Å²) in [6.45, 7) is 0.334. The van der Waals surface area contributed by atoms with E-state index < -0.39 is 15.6 Å². The van der Waals surface area contributed by atoms with E-state index in [-0.39, 0.29) is 5.03 Å². The first-order valence-electron chi connectivity index (χ1n) is 4.30. The number of nitrogens with zero attached hydrogens (tertiary/aromatic N) is 1. The van der Waals surface area contributed by atoms with Crippen molar-refractivity contribution in [2.24, 2.45) is 5.73 Å². The normalized spacial score (nSPS) is 19.5. The maximum atomic E-state index is 11.7. The van der Waals surface area contributed by atoms with Crippen molar-refractivity contribution in [1.29, 1.82) is 0 Å². The average molecular weight is 216 g/mol. The second-order valence-electron chi connectivity index (χ2n) is 3.51. The number of hydrogen-bond donors (Lipinski definition) is 3. The van der Waals surface area contributed by atoms with Crippen LogP contribution in [0.1, 0.15) is 12.8 Å². The monoisotopic (exact) mass is 216 g/mol. The fraction of sp³-hybridized carbons (Fsp3) is 0.571. The molecule has 1 heterocycles. The summed E-state index contributed by atoms with van der Waals surface area (Å²) >= 11 is 0. The van der Waals surface area contributed by atoms with Gasteiger partial charge in [-0.1, -0.05) is 0 Å². The Hall–Kier alpha value is -0.920. The van der Waals surface area contributed by atoms with E-state index in [1.54, 1.807) is 0 Å². The number of rotatable bonds is 4. The van der Waals surface area contributed by atoms with Gasteiger partial charge in [0.25, 0.3) is 10.0 Å². The summed E-state index contributed by atoms with van der Waals surface area (Å²) in [6.07, 6.45) is 4.21. The first-order valence-corrected chi connectivity index (χ1v) is 5.79. The lowest BCUT2D eigenvalue weighted by Gasteiger charge is -2.13. The molecule has 0 saturated heterocycles. The third-order valence-corrected chi connectivity index (χ3v) is 3.86. The summed E-state index contributed by atoms with van der Waals surface area (Å²) in [5.41, 5.74) is 5.06. The summed E-state index contributed by atoms with van der Waals surface area (Å²) in [4.78, 5) is 6.21. The van der Waals surface area contributed by atoms with Crippen LogP contribution in [0.4, 0.5) is 0 Å². The van der Waals surface area contributed by atoms with Crippen LogP contribution in [0.2, 0.25) is 0 Å². The Kier molecular flexibility index (Phi) is 2.09. The quantitative estimate of drug-likeness (QED) is 0.612. The van der Waals surface area contributed by atoms with Gasteiger partial charge >= 0.3 is 0 Å². The van der Waals surface area contributed by atoms with Gasteiger partial charge in [-0.15, -0.1) is 0 Å². The maximum absolute atomic E-state index is 11.7. The van der Waals surface area contributed by atoms with E-state index in [0.717, 1.165) is 12.8 Å². The van der Waals surface area contributed by atoms with E-state index in [4.69, 9.17) is 5.73 Å². The van der Waals surface area contributed by atoms with Crippen molar-refractivity contribution in [2.75, 3.05) is 6.54 Å². The van der Waals surface area contributed by atoms with Gasteiger partial charge in [0.05, 0.1) is 12.5 Å². The molecule has 6 nitrogen and oxygen atoms in total. The van der Waals surface area contributed by atoms with Gasteiger partial charge in [0.15, 0.2) is 5.03 Å². The number of aromatic amines is 1. The molecule has 0 amide bonds. The minimum atomic E-state index is -3.47. The molecule has 0 radical (unpaired) electrons. The molecule has 14 heavy (non-hydrogen) atoms. The van der Waals surface area contributed by atoms with Crippen LogP contribution in [0, 0.1) is 0 Å². The number of imidazole rings is 1. The van der Waals surface area contributed by atoms with Crippen LogP contribution >= 0.6 is 0 Å². The topological polar surface area (TPSA) is 101 Å². The number of hydrogen-bond acceptors (Lipinski definition) is 4. The first-order chi connectivity index (χ1) is 6.58. The second kappa shape index (κ2) is 3.04. The Morgan fingerprint density at radius 2 is 2.36 bits per heavy atom. The number of sulfonamides is 1. The molecule has 0 atom stereocenters. The number of nitrogens with one attached hydrogen (secondary N) is 2. The molecule has 1 fully saturated rings. The molecule has 2 rings (SSSR count). The maximum Gasteiger partial charge on any atom is 0.258 e. The summed E-state index contributed by atoms with van der Waals surface area (Å²) < 4.78 is 25.9. The molecule has 0 unspecified atom stereocenters. The van der Waals surface area contributed by atoms with Gasteiger partial charge in [0.1, 0.15) is 0 Å². The van der Waals surface area contributed by atoms with E-state index in [1.165, 1.54) is 12.5 Å². The fourth-order valence-corrected chi connectivity index (χ4v) is 2.60. The summed E-state index contributed by atoms with van der Waals surface area (Å²) in [5.74, 6) is 0. The molecule has 7 heteroatoms. The molecular weight excluding hydrogens is 204 g/mol. The lowest BCUT2D eigenvalue weighted by Crippen LogP contribution is -2.42. The molecule has 1 saturated carbocycles. The summed E-state index contributed by atoms with van der Waals surface area (Å²) in [7, 11) is -3.47. The Labute approximate surface area is 82.0 Å². The van der Waals surface area contributed by atoms with Crippen LogP contribution in [0.3, 0.4) is 0 Å². The van der Waals surface area contributed by atoms with Crippen molar-refractivity contribution in [1.82, 2.24) is 14.7 Å². The zero-order valence-electron chi connectivity index (χ0n) is 7.53. The zero-order valence-corrected chi connectivity index (χ0v) is 8.34. The highest BCUT2D eigenvalue weighted by atomic mass is 32.2. The average Bonchev–Trinajstić information content (AvgIpc) is 2.70. The largest absolute Gasteiger partial charge is 0.335 e. The Bertz CT molecular complexity index is 407. The van der Waals surface area contributed by atoms with Gasteiger partial charge in [0.2, 0.25) is 0 Å². The second-order valence-corrected chi connectivity index (χ2v) is 5.16. The Morgan fingerprint density at radius 3 is 2.79 bits per heavy atom. The van der Waals surface area contributed by atoms with E-state index >= 15 is 0 Å². The van der Waals surface area contributed by atoms with Crippen molar-refractivity contribution < 1.29 is 8.42 Å². The van der Waals surface area contributed by atoms with Gasteiger partial charge in [0, 0.05) is 12.1 Å². The minimum absolute atomic E-state index is 0.0808. The predicted octanol–water partition coefficient (Wildman–Crippen LogP) is -0.821. The fourth-order valence-electron chi connectivity index (χ4n) is 1.23. The third-order valence-electron chi connectivity index (χ3n) is 2.36. The Balaban J connectivity index is 2.19. The number of H-pyrrole nitrogens is 1. The van der Waals surface area contributed by atoms with E-state index in [0.29, 0.717) is 6.54 Å². The minimum Gasteiger partial charge on any atom is -0.335 e. The standard InChI is InChI=1S/C7H12N4O2S/c8-4-7(1-2-7)11-14(12,13)6-3-9-5-10-6/h3,5,11H,1-2,4,8H2,(H,9,10). The smallest absolute Gasteiger partial charge is 0.258 e. The van der Waals surface area contributed by atoms with Crippen molar-refractivity contribution in [2.45, 2.75) is 23.4 Å². The molecule has 1 aliphatic carbocycles. The highest BCUT2D eigenvalue weighted by molar-refractivity contribution is 7.89. The molecule has 78 valence electrons. The highest BCUT2D eigenvalue weighted by Crippen LogP contribution is 2.35. The molecule has 1 aliphatic rings. The van der Waals surface area contributed by atoms with E-state index in [2.05, 4.69) is 14.7 Å². The number of aromatic nitrogens is 2. The van der Waals surface area contributed by atoms with Gasteiger partial charge in [-0.2, -0.15) is 0 Å². The SMILES string of the molecule is NCC1(NS(=O)(=O)c2cnc[nH]2)CC1.